The van der Waals surface area contributed by atoms with Crippen LogP contribution < -0.4 is 10.7 Å². The van der Waals surface area contributed by atoms with Crippen molar-refractivity contribution in [3.05, 3.63) is 86.7 Å². The maximum absolute atomic E-state index is 13.0. The number of rotatable bonds is 5. The van der Waals surface area contributed by atoms with Gasteiger partial charge in [0.25, 0.3) is 5.91 Å². The lowest BCUT2D eigenvalue weighted by Crippen LogP contribution is -2.28. The molecule has 5 nitrogen and oxygen atoms in total. The van der Waals surface area contributed by atoms with Crippen molar-refractivity contribution >= 4 is 11.6 Å². The Labute approximate surface area is 158 Å². The van der Waals surface area contributed by atoms with Gasteiger partial charge in [-0.3, -0.25) is 9.59 Å². The minimum atomic E-state index is -0.376. The number of nitrogens with zero attached hydrogens (tertiary/aromatic N) is 1. The summed E-state index contributed by atoms with van der Waals surface area (Å²) in [6.45, 7) is 8.24. The largest absolute Gasteiger partial charge is 0.467 e. The topological polar surface area (TPSA) is 64.2 Å². The van der Waals surface area contributed by atoms with Crippen LogP contribution in [0.15, 0.2) is 51.9 Å². The van der Waals surface area contributed by atoms with Crippen molar-refractivity contribution in [2.75, 3.05) is 5.32 Å². The molecule has 0 fully saturated rings. The van der Waals surface area contributed by atoms with Crippen molar-refractivity contribution in [1.29, 1.82) is 0 Å². The Kier molecular flexibility index (Phi) is 5.31. The van der Waals surface area contributed by atoms with Gasteiger partial charge in [0.1, 0.15) is 11.3 Å². The summed E-state index contributed by atoms with van der Waals surface area (Å²) in [7, 11) is 0. The van der Waals surface area contributed by atoms with Crippen LogP contribution in [-0.2, 0) is 13.0 Å². The molecule has 0 saturated heterocycles. The number of nitrogens with one attached hydrogen (secondary N) is 1. The molecule has 0 atom stereocenters. The van der Waals surface area contributed by atoms with E-state index in [2.05, 4.69) is 5.32 Å². The van der Waals surface area contributed by atoms with E-state index in [-0.39, 0.29) is 16.9 Å². The van der Waals surface area contributed by atoms with E-state index in [4.69, 9.17) is 4.42 Å². The lowest BCUT2D eigenvalue weighted by atomic mass is 10.1. The van der Waals surface area contributed by atoms with Gasteiger partial charge < -0.3 is 14.3 Å². The van der Waals surface area contributed by atoms with Gasteiger partial charge in [0.05, 0.1) is 12.8 Å². The van der Waals surface area contributed by atoms with Gasteiger partial charge >= 0.3 is 0 Å². The van der Waals surface area contributed by atoms with E-state index in [1.165, 1.54) is 6.07 Å². The van der Waals surface area contributed by atoms with Gasteiger partial charge in [0.2, 0.25) is 0 Å². The monoisotopic (exact) mass is 364 g/mol. The molecule has 0 spiro atoms. The molecule has 0 bridgehead atoms. The normalized spacial score (nSPS) is 10.8. The van der Waals surface area contributed by atoms with Crippen molar-refractivity contribution in [2.24, 2.45) is 0 Å². The number of aromatic nitrogens is 1. The van der Waals surface area contributed by atoms with Gasteiger partial charge in [-0.05, 0) is 56.5 Å². The summed E-state index contributed by atoms with van der Waals surface area (Å²) in [5.41, 5.74) is 4.24. The fourth-order valence-electron chi connectivity index (χ4n) is 3.29. The first-order valence-electron chi connectivity index (χ1n) is 9.05. The Morgan fingerprint density at radius 1 is 1.15 bits per heavy atom. The number of pyridine rings is 1. The SMILES string of the molecule is CCc1c(C(=O)Nc2cccc(C)c2C)c(=O)cc(C)n1Cc1ccco1. The van der Waals surface area contributed by atoms with Crippen LogP contribution in [0, 0.1) is 20.8 Å². The standard InChI is InChI=1S/C22H24N2O3/c1-5-19-21(22(26)23-18-10-6-8-14(2)16(18)4)20(25)12-15(3)24(19)13-17-9-7-11-27-17/h6-12H,5,13H2,1-4H3,(H,23,26). The molecule has 27 heavy (non-hydrogen) atoms. The Hall–Kier alpha value is -3.08. The molecule has 0 aliphatic rings. The smallest absolute Gasteiger partial charge is 0.261 e. The number of benzene rings is 1. The predicted octanol–water partition coefficient (Wildman–Crippen LogP) is 4.23. The molecule has 1 amide bonds. The van der Waals surface area contributed by atoms with E-state index in [1.54, 1.807) is 6.26 Å². The fraction of sp³-hybridized carbons (Fsp3) is 0.273. The number of aryl methyl sites for hydroxylation is 2. The number of hydrogen-bond acceptors (Lipinski definition) is 3. The van der Waals surface area contributed by atoms with Crippen LogP contribution in [0.2, 0.25) is 0 Å². The first-order valence-corrected chi connectivity index (χ1v) is 9.05. The number of carbonyl (C=O) groups excluding carboxylic acids is 1. The summed E-state index contributed by atoms with van der Waals surface area (Å²) in [5.74, 6) is 0.399. The molecule has 0 aliphatic carbocycles. The van der Waals surface area contributed by atoms with Crippen molar-refractivity contribution < 1.29 is 9.21 Å². The van der Waals surface area contributed by atoms with E-state index >= 15 is 0 Å². The van der Waals surface area contributed by atoms with Crippen LogP contribution in [0.5, 0.6) is 0 Å². The average Bonchev–Trinajstić information content (AvgIpc) is 3.14. The van der Waals surface area contributed by atoms with Crippen molar-refractivity contribution in [3.63, 3.8) is 0 Å². The van der Waals surface area contributed by atoms with Crippen LogP contribution in [0.25, 0.3) is 0 Å². The first-order chi connectivity index (χ1) is 12.9. The Morgan fingerprint density at radius 2 is 1.93 bits per heavy atom. The molecule has 3 rings (SSSR count). The van der Waals surface area contributed by atoms with E-state index in [9.17, 15) is 9.59 Å². The van der Waals surface area contributed by atoms with Gasteiger partial charge in [0.15, 0.2) is 5.43 Å². The highest BCUT2D eigenvalue weighted by molar-refractivity contribution is 6.05. The highest BCUT2D eigenvalue weighted by atomic mass is 16.3. The average molecular weight is 364 g/mol. The molecule has 0 saturated carbocycles. The summed E-state index contributed by atoms with van der Waals surface area (Å²) >= 11 is 0. The fourth-order valence-corrected chi connectivity index (χ4v) is 3.29. The van der Waals surface area contributed by atoms with Gasteiger partial charge in [-0.15, -0.1) is 0 Å². The van der Waals surface area contributed by atoms with E-state index in [1.807, 2.05) is 62.6 Å². The maximum atomic E-state index is 13.0. The van der Waals surface area contributed by atoms with Crippen LogP contribution in [0.3, 0.4) is 0 Å². The van der Waals surface area contributed by atoms with E-state index < -0.39 is 0 Å². The van der Waals surface area contributed by atoms with Crippen LogP contribution in [0.4, 0.5) is 5.69 Å². The molecule has 140 valence electrons. The number of hydrogen-bond donors (Lipinski definition) is 1. The van der Waals surface area contributed by atoms with Crippen molar-refractivity contribution in [3.8, 4) is 0 Å². The second kappa shape index (κ2) is 7.66. The zero-order chi connectivity index (χ0) is 19.6. The second-order valence-electron chi connectivity index (χ2n) is 6.69. The molecular formula is C22H24N2O3. The summed E-state index contributed by atoms with van der Waals surface area (Å²) in [6, 6.07) is 11.0. The lowest BCUT2D eigenvalue weighted by molar-refractivity contribution is 0.102. The zero-order valence-electron chi connectivity index (χ0n) is 16.1. The quantitative estimate of drug-likeness (QED) is 0.737. The first kappa shape index (κ1) is 18.7. The summed E-state index contributed by atoms with van der Waals surface area (Å²) in [6.07, 6.45) is 2.18. The zero-order valence-corrected chi connectivity index (χ0v) is 16.1. The molecule has 1 N–H and O–H groups in total. The Bertz CT molecular complexity index is 1030. The van der Waals surface area contributed by atoms with E-state index in [0.29, 0.717) is 18.7 Å². The van der Waals surface area contributed by atoms with E-state index in [0.717, 1.165) is 28.3 Å². The van der Waals surface area contributed by atoms with Crippen molar-refractivity contribution in [1.82, 2.24) is 4.57 Å². The van der Waals surface area contributed by atoms with Gasteiger partial charge in [-0.2, -0.15) is 0 Å². The predicted molar refractivity (Wildman–Crippen MR) is 106 cm³/mol. The summed E-state index contributed by atoms with van der Waals surface area (Å²) < 4.78 is 7.42. The highest BCUT2D eigenvalue weighted by Crippen LogP contribution is 2.20. The molecule has 2 aromatic heterocycles. The van der Waals surface area contributed by atoms with Gasteiger partial charge in [0, 0.05) is 23.1 Å². The van der Waals surface area contributed by atoms with Crippen LogP contribution in [-0.4, -0.2) is 10.5 Å². The summed E-state index contributed by atoms with van der Waals surface area (Å²) in [5, 5.41) is 2.91. The van der Waals surface area contributed by atoms with Crippen LogP contribution in [0.1, 0.15) is 45.6 Å². The second-order valence-corrected chi connectivity index (χ2v) is 6.69. The minimum Gasteiger partial charge on any atom is -0.467 e. The third kappa shape index (κ3) is 3.72. The number of amides is 1. The highest BCUT2D eigenvalue weighted by Gasteiger charge is 2.20. The molecule has 0 radical (unpaired) electrons. The number of furan rings is 1. The third-order valence-corrected chi connectivity index (χ3v) is 4.94. The maximum Gasteiger partial charge on any atom is 0.261 e. The minimum absolute atomic E-state index is 0.190. The lowest BCUT2D eigenvalue weighted by Gasteiger charge is -2.19. The molecule has 0 aliphatic heterocycles. The van der Waals surface area contributed by atoms with Crippen molar-refractivity contribution in [2.45, 2.75) is 40.7 Å². The summed E-state index contributed by atoms with van der Waals surface area (Å²) in [4.78, 5) is 25.7. The van der Waals surface area contributed by atoms with Crippen LogP contribution >= 0.6 is 0 Å². The number of carbonyl (C=O) groups is 1. The molecule has 3 aromatic rings. The molecule has 1 aromatic carbocycles. The Balaban J connectivity index is 2.05. The molecular weight excluding hydrogens is 340 g/mol. The molecule has 2 heterocycles. The molecule has 5 heteroatoms. The Morgan fingerprint density at radius 3 is 2.59 bits per heavy atom. The van der Waals surface area contributed by atoms with Gasteiger partial charge in [-0.1, -0.05) is 19.1 Å². The number of anilines is 1. The molecule has 0 unspecified atom stereocenters. The van der Waals surface area contributed by atoms with Gasteiger partial charge in [-0.25, -0.2) is 0 Å². The third-order valence-electron chi connectivity index (χ3n) is 4.94.